The van der Waals surface area contributed by atoms with Crippen LogP contribution in [0.5, 0.6) is 0 Å². The van der Waals surface area contributed by atoms with E-state index in [-0.39, 0.29) is 10.7 Å². The van der Waals surface area contributed by atoms with E-state index in [1.165, 1.54) is 25.2 Å². The van der Waals surface area contributed by atoms with Gasteiger partial charge < -0.3 is 11.1 Å². The van der Waals surface area contributed by atoms with Gasteiger partial charge in [0.15, 0.2) is 0 Å². The van der Waals surface area contributed by atoms with Crippen LogP contribution in [0.15, 0.2) is 47.4 Å². The van der Waals surface area contributed by atoms with Crippen molar-refractivity contribution >= 4 is 21.4 Å². The van der Waals surface area contributed by atoms with E-state index >= 15 is 0 Å². The van der Waals surface area contributed by atoms with E-state index in [4.69, 9.17) is 5.73 Å². The standard InChI is InChI=1S/C14H16FN3O2S/c1-17-21(19,20)14-8-12(16)6-7-13(14)18-9-10-2-4-11(15)5-3-10/h2-8,17-18H,9,16H2,1H3. The summed E-state index contributed by atoms with van der Waals surface area (Å²) in [5.74, 6) is -0.315. The summed E-state index contributed by atoms with van der Waals surface area (Å²) < 4.78 is 39.0. The van der Waals surface area contributed by atoms with E-state index in [1.54, 1.807) is 24.3 Å². The lowest BCUT2D eigenvalue weighted by Gasteiger charge is -2.13. The number of benzene rings is 2. The minimum absolute atomic E-state index is 0.0760. The van der Waals surface area contributed by atoms with Crippen LogP contribution in [0, 0.1) is 5.82 Å². The summed E-state index contributed by atoms with van der Waals surface area (Å²) in [4.78, 5) is 0.0760. The molecular weight excluding hydrogens is 293 g/mol. The third-order valence-electron chi connectivity index (χ3n) is 2.96. The second-order valence-corrected chi connectivity index (χ2v) is 6.30. The van der Waals surface area contributed by atoms with Crippen LogP contribution in [-0.2, 0) is 16.6 Å². The van der Waals surface area contributed by atoms with Crippen molar-refractivity contribution in [3.05, 3.63) is 53.8 Å². The molecule has 21 heavy (non-hydrogen) atoms. The molecular formula is C14H16FN3O2S. The van der Waals surface area contributed by atoms with Crippen LogP contribution in [-0.4, -0.2) is 15.5 Å². The van der Waals surface area contributed by atoms with Gasteiger partial charge in [0, 0.05) is 12.2 Å². The lowest BCUT2D eigenvalue weighted by Crippen LogP contribution is -2.20. The highest BCUT2D eigenvalue weighted by atomic mass is 32.2. The number of rotatable bonds is 5. The first kappa shape index (κ1) is 15.3. The number of halogens is 1. The van der Waals surface area contributed by atoms with Crippen LogP contribution in [0.4, 0.5) is 15.8 Å². The first-order valence-corrected chi connectivity index (χ1v) is 7.72. The van der Waals surface area contributed by atoms with Gasteiger partial charge in [0.1, 0.15) is 10.7 Å². The summed E-state index contributed by atoms with van der Waals surface area (Å²) in [6.45, 7) is 0.371. The summed E-state index contributed by atoms with van der Waals surface area (Å²) in [7, 11) is -2.28. The molecule has 0 aliphatic heterocycles. The predicted molar refractivity (Wildman–Crippen MR) is 80.8 cm³/mol. The molecule has 2 aromatic carbocycles. The molecule has 0 fully saturated rings. The van der Waals surface area contributed by atoms with Crippen molar-refractivity contribution in [1.82, 2.24) is 4.72 Å². The zero-order valence-electron chi connectivity index (χ0n) is 11.4. The molecule has 0 aliphatic carbocycles. The number of nitrogens with two attached hydrogens (primary N) is 1. The molecule has 0 atom stereocenters. The molecule has 112 valence electrons. The van der Waals surface area contributed by atoms with Crippen LogP contribution in [0.2, 0.25) is 0 Å². The van der Waals surface area contributed by atoms with E-state index in [9.17, 15) is 12.8 Å². The maximum Gasteiger partial charge on any atom is 0.242 e. The summed E-state index contributed by atoms with van der Waals surface area (Å²) >= 11 is 0. The molecule has 0 bridgehead atoms. The molecule has 0 unspecified atom stereocenters. The maximum absolute atomic E-state index is 12.8. The topological polar surface area (TPSA) is 84.2 Å². The van der Waals surface area contributed by atoms with Crippen molar-refractivity contribution in [3.63, 3.8) is 0 Å². The van der Waals surface area contributed by atoms with Gasteiger partial charge in [-0.05, 0) is 42.9 Å². The van der Waals surface area contributed by atoms with Crippen molar-refractivity contribution in [2.24, 2.45) is 0 Å². The van der Waals surface area contributed by atoms with Gasteiger partial charge in [-0.25, -0.2) is 17.5 Å². The van der Waals surface area contributed by atoms with E-state index < -0.39 is 10.0 Å². The zero-order valence-corrected chi connectivity index (χ0v) is 12.2. The Hall–Kier alpha value is -2.12. The fourth-order valence-corrected chi connectivity index (χ4v) is 2.76. The number of nitrogens with one attached hydrogen (secondary N) is 2. The Morgan fingerprint density at radius 1 is 1.14 bits per heavy atom. The predicted octanol–water partition coefficient (Wildman–Crippen LogP) is 1.93. The molecule has 0 radical (unpaired) electrons. The molecule has 2 rings (SSSR count). The van der Waals surface area contributed by atoms with E-state index in [0.29, 0.717) is 17.9 Å². The van der Waals surface area contributed by atoms with E-state index in [0.717, 1.165) is 5.56 Å². The fourth-order valence-electron chi connectivity index (χ4n) is 1.82. The van der Waals surface area contributed by atoms with Gasteiger partial charge >= 0.3 is 0 Å². The first-order chi connectivity index (χ1) is 9.92. The molecule has 0 heterocycles. The Morgan fingerprint density at radius 3 is 2.43 bits per heavy atom. The highest BCUT2D eigenvalue weighted by molar-refractivity contribution is 7.89. The minimum atomic E-state index is -3.61. The molecule has 5 nitrogen and oxygen atoms in total. The summed E-state index contributed by atoms with van der Waals surface area (Å²) in [6.07, 6.45) is 0. The maximum atomic E-state index is 12.8. The number of hydrogen-bond donors (Lipinski definition) is 3. The van der Waals surface area contributed by atoms with E-state index in [1.807, 2.05) is 0 Å². The summed E-state index contributed by atoms with van der Waals surface area (Å²) in [6, 6.07) is 10.6. The fraction of sp³-hybridized carbons (Fsp3) is 0.143. The average Bonchev–Trinajstić information content (AvgIpc) is 2.47. The smallest absolute Gasteiger partial charge is 0.242 e. The van der Waals surface area contributed by atoms with Crippen LogP contribution in [0.3, 0.4) is 0 Å². The zero-order chi connectivity index (χ0) is 15.5. The van der Waals surface area contributed by atoms with Crippen molar-refractivity contribution in [2.45, 2.75) is 11.4 Å². The lowest BCUT2D eigenvalue weighted by atomic mass is 10.2. The molecule has 7 heteroatoms. The van der Waals surface area contributed by atoms with Crippen LogP contribution in [0.25, 0.3) is 0 Å². The number of hydrogen-bond acceptors (Lipinski definition) is 4. The largest absolute Gasteiger partial charge is 0.399 e. The quantitative estimate of drug-likeness (QED) is 0.737. The molecule has 0 saturated carbocycles. The first-order valence-electron chi connectivity index (χ1n) is 6.24. The van der Waals surface area contributed by atoms with Gasteiger partial charge in [-0.3, -0.25) is 0 Å². The second-order valence-electron chi connectivity index (χ2n) is 4.44. The molecule has 0 spiro atoms. The lowest BCUT2D eigenvalue weighted by molar-refractivity contribution is 0.588. The highest BCUT2D eigenvalue weighted by Gasteiger charge is 2.16. The number of nitrogen functional groups attached to an aromatic ring is 1. The van der Waals surface area contributed by atoms with Crippen LogP contribution in [0.1, 0.15) is 5.56 Å². The monoisotopic (exact) mass is 309 g/mol. The SMILES string of the molecule is CNS(=O)(=O)c1cc(N)ccc1NCc1ccc(F)cc1. The molecule has 0 aromatic heterocycles. The summed E-state index contributed by atoms with van der Waals surface area (Å²) in [5.41, 5.74) is 7.27. The highest BCUT2D eigenvalue weighted by Crippen LogP contribution is 2.24. The van der Waals surface area contributed by atoms with Gasteiger partial charge in [0.25, 0.3) is 0 Å². The minimum Gasteiger partial charge on any atom is -0.399 e. The molecule has 0 amide bonds. The van der Waals surface area contributed by atoms with Gasteiger partial charge in [0.05, 0.1) is 5.69 Å². The van der Waals surface area contributed by atoms with E-state index in [2.05, 4.69) is 10.0 Å². The van der Waals surface area contributed by atoms with Crippen molar-refractivity contribution in [2.75, 3.05) is 18.1 Å². The third-order valence-corrected chi connectivity index (χ3v) is 4.41. The second kappa shape index (κ2) is 6.11. The van der Waals surface area contributed by atoms with Crippen LogP contribution >= 0.6 is 0 Å². The van der Waals surface area contributed by atoms with Gasteiger partial charge in [0.2, 0.25) is 10.0 Å². The van der Waals surface area contributed by atoms with Crippen molar-refractivity contribution in [1.29, 1.82) is 0 Å². The Labute approximate surface area is 123 Å². The van der Waals surface area contributed by atoms with Crippen LogP contribution < -0.4 is 15.8 Å². The number of anilines is 2. The average molecular weight is 309 g/mol. The molecule has 4 N–H and O–H groups in total. The normalized spacial score (nSPS) is 11.3. The molecule has 0 aliphatic rings. The van der Waals surface area contributed by atoms with Gasteiger partial charge in [-0.15, -0.1) is 0 Å². The van der Waals surface area contributed by atoms with Crippen molar-refractivity contribution in [3.8, 4) is 0 Å². The van der Waals surface area contributed by atoms with Gasteiger partial charge in [-0.1, -0.05) is 12.1 Å². The Bertz CT molecular complexity index is 730. The Balaban J connectivity index is 2.26. The van der Waals surface area contributed by atoms with Gasteiger partial charge in [-0.2, -0.15) is 0 Å². The Kier molecular flexibility index (Phi) is 4.44. The third kappa shape index (κ3) is 3.71. The number of sulfonamides is 1. The van der Waals surface area contributed by atoms with Crippen molar-refractivity contribution < 1.29 is 12.8 Å². The molecule has 2 aromatic rings. The molecule has 0 saturated heterocycles. The summed E-state index contributed by atoms with van der Waals surface area (Å²) in [5, 5.41) is 3.02. The Morgan fingerprint density at radius 2 is 1.81 bits per heavy atom.